The summed E-state index contributed by atoms with van der Waals surface area (Å²) in [7, 11) is 3.48. The number of aryl methyl sites for hydroxylation is 2. The first kappa shape index (κ1) is 37.9. The molecule has 0 amide bonds. The van der Waals surface area contributed by atoms with Gasteiger partial charge in [-0.25, -0.2) is 32.5 Å². The Kier molecular flexibility index (Phi) is 10.3. The highest BCUT2D eigenvalue weighted by Gasteiger charge is 2.17. The topological polar surface area (TPSA) is 98.4 Å². The zero-order valence-electron chi connectivity index (χ0n) is 31.0. The summed E-state index contributed by atoms with van der Waals surface area (Å²) in [6, 6.07) is 16.9. The van der Waals surface area contributed by atoms with Gasteiger partial charge < -0.3 is 10.6 Å². The van der Waals surface area contributed by atoms with Crippen molar-refractivity contribution >= 4 is 67.2 Å². The Morgan fingerprint density at radius 2 is 1.04 bits per heavy atom. The van der Waals surface area contributed by atoms with Gasteiger partial charge in [0.1, 0.15) is 33.7 Å². The third kappa shape index (κ3) is 7.49. The predicted octanol–water partition coefficient (Wildman–Crippen LogP) is 8.70. The van der Waals surface area contributed by atoms with E-state index < -0.39 is 17.5 Å². The number of hydrogen-bond acceptors (Lipinski definition) is 7. The van der Waals surface area contributed by atoms with E-state index in [-0.39, 0.29) is 35.1 Å². The van der Waals surface area contributed by atoms with E-state index in [1.165, 1.54) is 18.2 Å². The maximum absolute atomic E-state index is 14.8. The van der Waals surface area contributed by atoms with Crippen LogP contribution in [-0.4, -0.2) is 60.7 Å². The fraction of sp³-hybridized carbons (Fsp3) is 0.186. The quantitative estimate of drug-likeness (QED) is 0.172. The Morgan fingerprint density at radius 3 is 1.61 bits per heavy atom. The molecule has 0 aliphatic carbocycles. The highest BCUT2D eigenvalue weighted by Crippen LogP contribution is 2.32. The van der Waals surface area contributed by atoms with Crippen molar-refractivity contribution in [1.82, 2.24) is 45.1 Å². The van der Waals surface area contributed by atoms with Gasteiger partial charge in [-0.3, -0.25) is 9.36 Å². The minimum atomic E-state index is -0.453. The average Bonchev–Trinajstić information content (AvgIpc) is 3.80. The van der Waals surface area contributed by atoms with Gasteiger partial charge in [-0.1, -0.05) is 18.2 Å². The van der Waals surface area contributed by atoms with E-state index in [1.807, 2.05) is 24.3 Å². The van der Waals surface area contributed by atoms with Crippen LogP contribution in [0.3, 0.4) is 0 Å². The molecule has 2 N–H and O–H groups in total. The van der Waals surface area contributed by atoms with Crippen LogP contribution in [0.1, 0.15) is 24.0 Å². The third-order valence-electron chi connectivity index (χ3n) is 10.2. The minimum Gasteiger partial charge on any atom is -0.313 e. The minimum absolute atomic E-state index is 0. The molecule has 0 atom stereocenters. The van der Waals surface area contributed by atoms with Crippen LogP contribution in [0.25, 0.3) is 77.4 Å². The molecule has 2 aliphatic heterocycles. The average molecular weight is 790 g/mol. The molecule has 0 saturated carbocycles. The van der Waals surface area contributed by atoms with E-state index >= 15 is 0 Å². The van der Waals surface area contributed by atoms with Gasteiger partial charge in [-0.2, -0.15) is 10.2 Å². The van der Waals surface area contributed by atoms with E-state index in [4.69, 9.17) is 0 Å². The number of nitrogens with zero attached hydrogens (tertiary/aromatic N) is 7. The second-order valence-electron chi connectivity index (χ2n) is 14.1. The molecular weight excluding hydrogens is 754 g/mol. The summed E-state index contributed by atoms with van der Waals surface area (Å²) in [6.07, 6.45) is 11.0. The van der Waals surface area contributed by atoms with Gasteiger partial charge in [0.25, 0.3) is 0 Å². The highest BCUT2D eigenvalue weighted by molar-refractivity contribution is 5.90. The zero-order valence-corrected chi connectivity index (χ0v) is 31.8. The van der Waals surface area contributed by atoms with Crippen LogP contribution in [0.5, 0.6) is 0 Å². The lowest BCUT2D eigenvalue weighted by Crippen LogP contribution is -2.20. The number of nitrogens with one attached hydrogen (secondary N) is 2. The van der Waals surface area contributed by atoms with E-state index in [0.29, 0.717) is 44.0 Å². The number of halogens is 5. The number of aromatic nitrogens is 7. The van der Waals surface area contributed by atoms with Crippen LogP contribution in [0.4, 0.5) is 17.6 Å². The van der Waals surface area contributed by atoms with Gasteiger partial charge in [-0.05, 0) is 103 Å². The molecular formula is C43H36ClF4N9. The van der Waals surface area contributed by atoms with Crippen LogP contribution in [0.2, 0.25) is 0 Å². The Balaban J connectivity index is 0.000000157. The van der Waals surface area contributed by atoms with Crippen LogP contribution in [0, 0.1) is 23.3 Å². The molecule has 10 rings (SSSR count). The molecule has 0 unspecified atom stereocenters. The molecule has 288 valence electrons. The summed E-state index contributed by atoms with van der Waals surface area (Å²) >= 11 is 0. The van der Waals surface area contributed by atoms with Crippen LogP contribution in [-0.2, 0) is 14.1 Å². The van der Waals surface area contributed by atoms with E-state index in [9.17, 15) is 17.6 Å². The Labute approximate surface area is 330 Å². The molecule has 14 heteroatoms. The molecule has 0 saturated heterocycles. The zero-order chi connectivity index (χ0) is 38.5. The molecule has 8 aromatic rings. The molecule has 0 radical (unpaired) electrons. The van der Waals surface area contributed by atoms with Crippen molar-refractivity contribution in [2.75, 3.05) is 26.2 Å². The lowest BCUT2D eigenvalue weighted by Gasteiger charge is -2.15. The molecule has 4 aromatic heterocycles. The Hall–Kier alpha value is -6.02. The lowest BCUT2D eigenvalue weighted by molar-refractivity contribution is 0.632. The largest absolute Gasteiger partial charge is 0.313 e. The maximum atomic E-state index is 14.8. The van der Waals surface area contributed by atoms with Gasteiger partial charge in [0.2, 0.25) is 0 Å². The van der Waals surface area contributed by atoms with E-state index in [2.05, 4.69) is 47.9 Å². The van der Waals surface area contributed by atoms with Crippen molar-refractivity contribution in [3.8, 4) is 22.6 Å². The normalized spacial score (nSPS) is 14.4. The third-order valence-corrected chi connectivity index (χ3v) is 10.2. The fourth-order valence-electron chi connectivity index (χ4n) is 7.44. The van der Waals surface area contributed by atoms with E-state index in [0.717, 1.165) is 66.7 Å². The van der Waals surface area contributed by atoms with Crippen molar-refractivity contribution < 1.29 is 17.6 Å². The second kappa shape index (κ2) is 15.5. The van der Waals surface area contributed by atoms with E-state index in [1.54, 1.807) is 60.2 Å². The van der Waals surface area contributed by atoms with Crippen molar-refractivity contribution in [3.05, 3.63) is 126 Å². The Bertz CT molecular complexity index is 2720. The number of rotatable bonds is 4. The van der Waals surface area contributed by atoms with Gasteiger partial charge in [-0.15, -0.1) is 12.4 Å². The molecule has 0 spiro atoms. The summed E-state index contributed by atoms with van der Waals surface area (Å²) in [4.78, 5) is 13.2. The maximum Gasteiger partial charge on any atom is 0.160 e. The number of fused-ring (bicyclic) bond motifs is 4. The first-order valence-electron chi connectivity index (χ1n) is 18.3. The molecule has 2 aliphatic rings. The first-order valence-corrected chi connectivity index (χ1v) is 18.3. The molecule has 9 nitrogen and oxygen atoms in total. The highest BCUT2D eigenvalue weighted by atomic mass is 35.5. The van der Waals surface area contributed by atoms with Crippen LogP contribution >= 0.6 is 12.4 Å². The molecule has 57 heavy (non-hydrogen) atoms. The lowest BCUT2D eigenvalue weighted by atomic mass is 9.98. The van der Waals surface area contributed by atoms with Gasteiger partial charge in [0, 0.05) is 78.4 Å². The molecule has 6 heterocycles. The van der Waals surface area contributed by atoms with Gasteiger partial charge in [0.15, 0.2) is 17.5 Å². The summed E-state index contributed by atoms with van der Waals surface area (Å²) in [5.74, 6) is -1.35. The predicted molar refractivity (Wildman–Crippen MR) is 219 cm³/mol. The summed E-state index contributed by atoms with van der Waals surface area (Å²) < 4.78 is 61.6. The monoisotopic (exact) mass is 789 g/mol. The summed E-state index contributed by atoms with van der Waals surface area (Å²) in [5.41, 5.74) is 6.77. The summed E-state index contributed by atoms with van der Waals surface area (Å²) in [6.45, 7) is 3.36. The van der Waals surface area contributed by atoms with Crippen molar-refractivity contribution in [2.24, 2.45) is 14.1 Å². The number of pyridine rings is 1. The smallest absolute Gasteiger partial charge is 0.160 e. The molecule has 4 aromatic carbocycles. The number of benzene rings is 4. The van der Waals surface area contributed by atoms with Gasteiger partial charge >= 0.3 is 0 Å². The van der Waals surface area contributed by atoms with Crippen LogP contribution < -0.4 is 10.6 Å². The van der Waals surface area contributed by atoms with Crippen molar-refractivity contribution in [3.63, 3.8) is 0 Å². The van der Waals surface area contributed by atoms with Gasteiger partial charge in [0.05, 0.1) is 5.69 Å². The molecule has 0 bridgehead atoms. The van der Waals surface area contributed by atoms with Crippen molar-refractivity contribution in [2.45, 2.75) is 12.8 Å². The first-order chi connectivity index (χ1) is 27.2. The number of hydrogen-bond donors (Lipinski definition) is 2. The van der Waals surface area contributed by atoms with Crippen LogP contribution in [0.15, 0.2) is 91.4 Å². The molecule has 0 fully saturated rings. The second-order valence-corrected chi connectivity index (χ2v) is 14.1. The fourth-order valence-corrected chi connectivity index (χ4v) is 7.44. The summed E-state index contributed by atoms with van der Waals surface area (Å²) in [5, 5.41) is 17.4. The Morgan fingerprint density at radius 1 is 0.544 bits per heavy atom. The standard InChI is InChI=1S/C22H18F2N4.C21H17F2N5.ClH/c1-28-12-17-9-16(11-19(24)22(17)27-28)20-3-2-14-8-15(10-18(23)21(14)26-20)13-4-6-25-7-5-13;1-28-11-16-7-14(9-18(23)20(16)27-28)21-25-10-15-6-13(8-17(22)19(15)26-21)12-2-4-24-5-3-12;/h2-4,8-12,25H,5-7H2,1H3;2,6-11,24H,3-5H2,1H3;1H. The SMILES string of the molecule is Cl.Cn1cc2cc(-c3ccc4cc(C5=CCNCC5)cc(F)c4n3)cc(F)c2n1.Cn1cc2cc(-c3ncc4cc(C5=CCNCC5)cc(F)c4n3)cc(F)c2n1. The van der Waals surface area contributed by atoms with Crippen molar-refractivity contribution in [1.29, 1.82) is 0 Å².